The maximum absolute atomic E-state index is 11.4. The lowest BCUT2D eigenvalue weighted by Gasteiger charge is -2.36. The van der Waals surface area contributed by atoms with Crippen molar-refractivity contribution in [3.63, 3.8) is 0 Å². The average molecular weight is 289 g/mol. The number of carbonyl (C=O) groups excluding carboxylic acids is 1. The minimum atomic E-state index is 0.129. The van der Waals surface area contributed by atoms with E-state index in [4.69, 9.17) is 0 Å². The van der Waals surface area contributed by atoms with Gasteiger partial charge in [-0.25, -0.2) is 0 Å². The van der Waals surface area contributed by atoms with Crippen LogP contribution in [-0.4, -0.2) is 55.2 Å². The highest BCUT2D eigenvalue weighted by Gasteiger charge is 2.22. The summed E-state index contributed by atoms with van der Waals surface area (Å²) in [5, 5.41) is 10.2. The fourth-order valence-electron chi connectivity index (χ4n) is 3.20. The largest absolute Gasteiger partial charge is 0.506 e. The Kier molecular flexibility index (Phi) is 3.90. The number of benzene rings is 1. The molecule has 0 saturated carbocycles. The number of piperazine rings is 1. The molecule has 2 aliphatic rings. The molecule has 0 aliphatic carbocycles. The van der Waals surface area contributed by atoms with Gasteiger partial charge in [-0.2, -0.15) is 0 Å². The van der Waals surface area contributed by atoms with Gasteiger partial charge in [-0.3, -0.25) is 4.79 Å². The molecule has 0 aromatic heterocycles. The van der Waals surface area contributed by atoms with E-state index in [-0.39, 0.29) is 5.91 Å². The van der Waals surface area contributed by atoms with E-state index in [0.717, 1.165) is 45.0 Å². The number of nitrogens with zero attached hydrogens (tertiary/aromatic N) is 3. The molecule has 2 heterocycles. The third-order valence-electron chi connectivity index (χ3n) is 4.50. The number of hydrogen-bond donors (Lipinski definition) is 1. The van der Waals surface area contributed by atoms with Crippen LogP contribution in [0.5, 0.6) is 5.75 Å². The second kappa shape index (κ2) is 5.84. The topological polar surface area (TPSA) is 47.0 Å². The third kappa shape index (κ3) is 2.91. The predicted octanol–water partition coefficient (Wildman–Crippen LogP) is 1.66. The fourth-order valence-corrected chi connectivity index (χ4v) is 3.20. The van der Waals surface area contributed by atoms with E-state index in [1.165, 1.54) is 18.5 Å². The van der Waals surface area contributed by atoms with Gasteiger partial charge in [0.05, 0.1) is 5.69 Å². The summed E-state index contributed by atoms with van der Waals surface area (Å²) in [4.78, 5) is 17.8. The lowest BCUT2D eigenvalue weighted by Crippen LogP contribution is -2.48. The van der Waals surface area contributed by atoms with Crippen molar-refractivity contribution in [1.82, 2.24) is 4.90 Å². The number of carbonyl (C=O) groups is 1. The number of phenolic OH excluding ortho intramolecular Hbond substituents is 1. The summed E-state index contributed by atoms with van der Waals surface area (Å²) in [6, 6.07) is 5.88. The maximum atomic E-state index is 11.4. The molecule has 2 aliphatic heterocycles. The third-order valence-corrected chi connectivity index (χ3v) is 4.50. The Morgan fingerprint density at radius 2 is 1.67 bits per heavy atom. The summed E-state index contributed by atoms with van der Waals surface area (Å²) in [5.41, 5.74) is 2.08. The molecule has 1 aromatic rings. The molecule has 114 valence electrons. The lowest BCUT2D eigenvalue weighted by molar-refractivity contribution is -0.129. The summed E-state index contributed by atoms with van der Waals surface area (Å²) in [7, 11) is 0. The van der Waals surface area contributed by atoms with Gasteiger partial charge in [0.1, 0.15) is 5.75 Å². The number of amides is 1. The molecule has 1 N–H and O–H groups in total. The van der Waals surface area contributed by atoms with Gasteiger partial charge >= 0.3 is 0 Å². The van der Waals surface area contributed by atoms with Crippen LogP contribution in [0.4, 0.5) is 11.4 Å². The van der Waals surface area contributed by atoms with Gasteiger partial charge in [0.2, 0.25) is 5.91 Å². The van der Waals surface area contributed by atoms with Crippen molar-refractivity contribution >= 4 is 17.3 Å². The molecule has 1 amide bonds. The number of aromatic hydroxyl groups is 1. The Labute approximate surface area is 125 Å². The average Bonchev–Trinajstić information content (AvgIpc) is 3.02. The van der Waals surface area contributed by atoms with E-state index < -0.39 is 0 Å². The molecule has 3 rings (SSSR count). The SMILES string of the molecule is CC(=O)N1CCN(c2cc(N3CCCC3)ccc2O)CC1. The van der Waals surface area contributed by atoms with E-state index in [1.807, 2.05) is 11.0 Å². The molecular formula is C16H23N3O2. The minimum absolute atomic E-state index is 0.129. The Balaban J connectivity index is 1.75. The van der Waals surface area contributed by atoms with E-state index in [9.17, 15) is 9.90 Å². The molecule has 5 heteroatoms. The first-order chi connectivity index (χ1) is 10.1. The van der Waals surface area contributed by atoms with E-state index >= 15 is 0 Å². The van der Waals surface area contributed by atoms with Crippen molar-refractivity contribution in [2.45, 2.75) is 19.8 Å². The molecule has 0 atom stereocenters. The van der Waals surface area contributed by atoms with Gasteiger partial charge in [0.15, 0.2) is 0 Å². The van der Waals surface area contributed by atoms with Gasteiger partial charge in [0.25, 0.3) is 0 Å². The van der Waals surface area contributed by atoms with Crippen LogP contribution in [0.25, 0.3) is 0 Å². The first-order valence-corrected chi connectivity index (χ1v) is 7.73. The van der Waals surface area contributed by atoms with Gasteiger partial charge in [0, 0.05) is 51.9 Å². The predicted molar refractivity (Wildman–Crippen MR) is 84.0 cm³/mol. The number of anilines is 2. The summed E-state index contributed by atoms with van der Waals surface area (Å²) < 4.78 is 0. The van der Waals surface area contributed by atoms with E-state index in [1.54, 1.807) is 13.0 Å². The van der Waals surface area contributed by atoms with Crippen molar-refractivity contribution in [1.29, 1.82) is 0 Å². The van der Waals surface area contributed by atoms with Crippen molar-refractivity contribution in [3.8, 4) is 5.75 Å². The normalized spacial score (nSPS) is 19.2. The van der Waals surface area contributed by atoms with Gasteiger partial charge in [-0.15, -0.1) is 0 Å². The van der Waals surface area contributed by atoms with Gasteiger partial charge in [-0.05, 0) is 31.0 Å². The van der Waals surface area contributed by atoms with Crippen LogP contribution >= 0.6 is 0 Å². The summed E-state index contributed by atoms with van der Waals surface area (Å²) >= 11 is 0. The Hall–Kier alpha value is -1.91. The van der Waals surface area contributed by atoms with Crippen molar-refractivity contribution in [2.24, 2.45) is 0 Å². The first kappa shape index (κ1) is 14.0. The van der Waals surface area contributed by atoms with E-state index in [0.29, 0.717) is 5.75 Å². The molecule has 0 spiro atoms. The monoisotopic (exact) mass is 289 g/mol. The zero-order valence-corrected chi connectivity index (χ0v) is 12.6. The number of rotatable bonds is 2. The fraction of sp³-hybridized carbons (Fsp3) is 0.562. The highest BCUT2D eigenvalue weighted by molar-refractivity contribution is 5.74. The van der Waals surface area contributed by atoms with Crippen LogP contribution in [0.2, 0.25) is 0 Å². The quantitative estimate of drug-likeness (QED) is 0.899. The molecule has 1 aromatic carbocycles. The summed E-state index contributed by atoms with van der Waals surface area (Å²) in [6.07, 6.45) is 2.49. The molecule has 0 bridgehead atoms. The summed E-state index contributed by atoms with van der Waals surface area (Å²) in [5.74, 6) is 0.457. The molecule has 21 heavy (non-hydrogen) atoms. The van der Waals surface area contributed by atoms with Crippen LogP contribution < -0.4 is 9.80 Å². The van der Waals surface area contributed by atoms with Gasteiger partial charge in [-0.1, -0.05) is 0 Å². The second-order valence-electron chi connectivity index (χ2n) is 5.86. The number of phenols is 1. The Morgan fingerprint density at radius 1 is 1.00 bits per heavy atom. The first-order valence-electron chi connectivity index (χ1n) is 7.73. The molecule has 2 fully saturated rings. The second-order valence-corrected chi connectivity index (χ2v) is 5.86. The molecular weight excluding hydrogens is 266 g/mol. The highest BCUT2D eigenvalue weighted by Crippen LogP contribution is 2.33. The maximum Gasteiger partial charge on any atom is 0.219 e. The van der Waals surface area contributed by atoms with Crippen molar-refractivity contribution in [3.05, 3.63) is 18.2 Å². The minimum Gasteiger partial charge on any atom is -0.506 e. The van der Waals surface area contributed by atoms with Crippen LogP contribution in [0, 0.1) is 0 Å². The van der Waals surface area contributed by atoms with Gasteiger partial charge < -0.3 is 19.8 Å². The number of hydrogen-bond acceptors (Lipinski definition) is 4. The Morgan fingerprint density at radius 3 is 2.29 bits per heavy atom. The zero-order valence-electron chi connectivity index (χ0n) is 12.6. The smallest absolute Gasteiger partial charge is 0.219 e. The molecule has 0 radical (unpaired) electrons. The lowest BCUT2D eigenvalue weighted by atomic mass is 10.2. The van der Waals surface area contributed by atoms with Crippen LogP contribution in [0.15, 0.2) is 18.2 Å². The van der Waals surface area contributed by atoms with Crippen LogP contribution in [0.3, 0.4) is 0 Å². The molecule has 5 nitrogen and oxygen atoms in total. The Bertz CT molecular complexity index is 518. The van der Waals surface area contributed by atoms with Crippen molar-refractivity contribution < 1.29 is 9.90 Å². The van der Waals surface area contributed by atoms with Crippen LogP contribution in [0.1, 0.15) is 19.8 Å². The zero-order chi connectivity index (χ0) is 14.8. The highest BCUT2D eigenvalue weighted by atomic mass is 16.3. The van der Waals surface area contributed by atoms with E-state index in [2.05, 4.69) is 15.9 Å². The standard InChI is InChI=1S/C16H23N3O2/c1-13(20)17-8-10-19(11-9-17)15-12-14(4-5-16(15)21)18-6-2-3-7-18/h4-5,12,21H,2-3,6-11H2,1H3. The van der Waals surface area contributed by atoms with Crippen molar-refractivity contribution in [2.75, 3.05) is 49.1 Å². The van der Waals surface area contributed by atoms with Crippen LogP contribution in [-0.2, 0) is 4.79 Å². The molecule has 2 saturated heterocycles. The summed E-state index contributed by atoms with van der Waals surface area (Å²) in [6.45, 7) is 6.81. The molecule has 0 unspecified atom stereocenters.